The van der Waals surface area contributed by atoms with E-state index >= 15 is 0 Å². The molecule has 1 heterocycles. The van der Waals surface area contributed by atoms with Crippen LogP contribution in [0.4, 0.5) is 18.9 Å². The van der Waals surface area contributed by atoms with E-state index in [2.05, 4.69) is 5.32 Å². The number of nitrogens with one attached hydrogen (secondary N) is 1. The maximum absolute atomic E-state index is 13.0. The van der Waals surface area contributed by atoms with Crippen molar-refractivity contribution in [3.05, 3.63) is 57.0 Å². The lowest BCUT2D eigenvalue weighted by atomic mass is 9.98. The SMILES string of the molecule is O=C(Nc1ccc(Cl)c(C(F)(F)F)c1)[C@H]1CCCN(S(=O)(=O)c2cc(Cl)ccc2Cl)C1. The normalized spacial score (nSPS) is 18.1. The van der Waals surface area contributed by atoms with Crippen LogP contribution in [0.1, 0.15) is 18.4 Å². The van der Waals surface area contributed by atoms with Gasteiger partial charge in [-0.15, -0.1) is 0 Å². The van der Waals surface area contributed by atoms with Crippen LogP contribution < -0.4 is 5.32 Å². The zero-order valence-corrected chi connectivity index (χ0v) is 18.8. The minimum atomic E-state index is -4.68. The van der Waals surface area contributed by atoms with Gasteiger partial charge in [0.1, 0.15) is 4.90 Å². The van der Waals surface area contributed by atoms with Gasteiger partial charge in [-0.05, 0) is 49.2 Å². The smallest absolute Gasteiger partial charge is 0.326 e. The molecule has 31 heavy (non-hydrogen) atoms. The van der Waals surface area contributed by atoms with E-state index in [1.807, 2.05) is 0 Å². The van der Waals surface area contributed by atoms with Crippen LogP contribution in [-0.4, -0.2) is 31.7 Å². The molecule has 0 unspecified atom stereocenters. The summed E-state index contributed by atoms with van der Waals surface area (Å²) in [6, 6.07) is 7.08. The molecule has 1 N–H and O–H groups in total. The van der Waals surface area contributed by atoms with Gasteiger partial charge in [0, 0.05) is 23.8 Å². The van der Waals surface area contributed by atoms with Gasteiger partial charge >= 0.3 is 6.18 Å². The Balaban J connectivity index is 1.78. The first-order valence-electron chi connectivity index (χ1n) is 9.02. The Bertz CT molecular complexity index is 1110. The van der Waals surface area contributed by atoms with Crippen LogP contribution >= 0.6 is 34.8 Å². The number of alkyl halides is 3. The fraction of sp³-hybridized carbons (Fsp3) is 0.316. The van der Waals surface area contributed by atoms with Gasteiger partial charge in [0.15, 0.2) is 0 Å². The van der Waals surface area contributed by atoms with Crippen molar-refractivity contribution in [3.8, 4) is 0 Å². The van der Waals surface area contributed by atoms with E-state index in [1.54, 1.807) is 0 Å². The molecule has 0 aromatic heterocycles. The summed E-state index contributed by atoms with van der Waals surface area (Å²) in [6.07, 6.45) is -3.91. The number of carbonyl (C=O) groups excluding carboxylic acids is 1. The molecule has 1 aliphatic heterocycles. The van der Waals surface area contributed by atoms with E-state index < -0.39 is 38.6 Å². The molecule has 1 fully saturated rings. The van der Waals surface area contributed by atoms with Crippen LogP contribution in [0.5, 0.6) is 0 Å². The predicted octanol–water partition coefficient (Wildman–Crippen LogP) is 5.71. The van der Waals surface area contributed by atoms with Crippen LogP contribution in [0.15, 0.2) is 41.3 Å². The van der Waals surface area contributed by atoms with E-state index in [1.165, 1.54) is 24.3 Å². The summed E-state index contributed by atoms with van der Waals surface area (Å²) in [4.78, 5) is 12.5. The van der Waals surface area contributed by atoms with Crippen molar-refractivity contribution >= 4 is 56.4 Å². The van der Waals surface area contributed by atoms with Crippen molar-refractivity contribution in [1.29, 1.82) is 0 Å². The molecule has 0 bridgehead atoms. The molecule has 12 heteroatoms. The van der Waals surface area contributed by atoms with Crippen LogP contribution in [0.25, 0.3) is 0 Å². The van der Waals surface area contributed by atoms with Crippen molar-refractivity contribution < 1.29 is 26.4 Å². The number of benzene rings is 2. The molecule has 0 spiro atoms. The Morgan fingerprint density at radius 1 is 1.06 bits per heavy atom. The van der Waals surface area contributed by atoms with E-state index in [0.717, 1.165) is 16.4 Å². The number of rotatable bonds is 4. The second-order valence-corrected chi connectivity index (χ2v) is 10.1. The zero-order valence-electron chi connectivity index (χ0n) is 15.7. The van der Waals surface area contributed by atoms with Crippen molar-refractivity contribution in [2.45, 2.75) is 23.9 Å². The average molecular weight is 516 g/mol. The van der Waals surface area contributed by atoms with Gasteiger partial charge in [0.2, 0.25) is 15.9 Å². The Morgan fingerprint density at radius 3 is 2.42 bits per heavy atom. The second-order valence-electron chi connectivity index (χ2n) is 6.96. The van der Waals surface area contributed by atoms with Gasteiger partial charge in [-0.1, -0.05) is 34.8 Å². The maximum Gasteiger partial charge on any atom is 0.417 e. The molecule has 5 nitrogen and oxygen atoms in total. The fourth-order valence-electron chi connectivity index (χ4n) is 3.25. The number of amides is 1. The lowest BCUT2D eigenvalue weighted by molar-refractivity contribution is -0.137. The first-order valence-corrected chi connectivity index (χ1v) is 11.6. The Morgan fingerprint density at radius 2 is 1.74 bits per heavy atom. The average Bonchev–Trinajstić information content (AvgIpc) is 2.70. The molecule has 3 rings (SSSR count). The number of piperidine rings is 1. The van der Waals surface area contributed by atoms with E-state index in [9.17, 15) is 26.4 Å². The Kier molecular flexibility index (Phi) is 7.12. The van der Waals surface area contributed by atoms with E-state index in [-0.39, 0.29) is 33.7 Å². The molecule has 168 valence electrons. The standard InChI is InChI=1S/C19H16Cl3F3N2O3S/c20-12-3-5-16(22)17(8-12)31(29,30)27-7-1-2-11(10-27)18(28)26-13-4-6-15(21)14(9-13)19(23,24)25/h3-6,8-9,11H,1-2,7,10H2,(H,26,28)/t11-/m0/s1. The summed E-state index contributed by atoms with van der Waals surface area (Å²) >= 11 is 17.5. The Hall–Kier alpha value is -1.52. The van der Waals surface area contributed by atoms with E-state index in [0.29, 0.717) is 12.8 Å². The highest BCUT2D eigenvalue weighted by atomic mass is 35.5. The number of hydrogen-bond acceptors (Lipinski definition) is 3. The molecule has 2 aromatic rings. The van der Waals surface area contributed by atoms with Crippen molar-refractivity contribution in [2.75, 3.05) is 18.4 Å². The molecule has 1 amide bonds. The molecule has 1 aliphatic rings. The summed E-state index contributed by atoms with van der Waals surface area (Å²) in [6.45, 7) is 0.0326. The van der Waals surface area contributed by atoms with Crippen molar-refractivity contribution in [2.24, 2.45) is 5.92 Å². The quantitative estimate of drug-likeness (QED) is 0.568. The molecular formula is C19H16Cl3F3N2O3S. The fourth-order valence-corrected chi connectivity index (χ4v) is 5.74. The third-order valence-corrected chi connectivity index (χ3v) is 7.72. The first kappa shape index (κ1) is 24.1. The molecule has 0 radical (unpaired) electrons. The third-order valence-electron chi connectivity index (χ3n) is 4.81. The molecule has 2 aromatic carbocycles. The maximum atomic E-state index is 13.0. The first-order chi connectivity index (χ1) is 14.4. The highest BCUT2D eigenvalue weighted by molar-refractivity contribution is 7.89. The lowest BCUT2D eigenvalue weighted by Crippen LogP contribution is -2.43. The second kappa shape index (κ2) is 9.15. The summed E-state index contributed by atoms with van der Waals surface area (Å²) in [5.74, 6) is -1.35. The number of halogens is 6. The number of carbonyl (C=O) groups is 1. The summed E-state index contributed by atoms with van der Waals surface area (Å²) in [7, 11) is -4.02. The topological polar surface area (TPSA) is 66.5 Å². The summed E-state index contributed by atoms with van der Waals surface area (Å²) in [5, 5.41) is 2.12. The molecule has 1 atom stereocenters. The molecule has 0 aliphatic carbocycles. The van der Waals surface area contributed by atoms with Gasteiger partial charge in [-0.3, -0.25) is 4.79 Å². The minimum absolute atomic E-state index is 0.00295. The lowest BCUT2D eigenvalue weighted by Gasteiger charge is -2.31. The predicted molar refractivity (Wildman–Crippen MR) is 113 cm³/mol. The van der Waals surface area contributed by atoms with Crippen molar-refractivity contribution in [3.63, 3.8) is 0 Å². The summed E-state index contributed by atoms with van der Waals surface area (Å²) in [5.41, 5.74) is -1.16. The largest absolute Gasteiger partial charge is 0.417 e. The van der Waals surface area contributed by atoms with Gasteiger partial charge in [-0.2, -0.15) is 17.5 Å². The number of nitrogens with zero attached hydrogens (tertiary/aromatic N) is 1. The minimum Gasteiger partial charge on any atom is -0.326 e. The van der Waals surface area contributed by atoms with Gasteiger partial charge in [0.05, 0.1) is 21.5 Å². The van der Waals surface area contributed by atoms with Gasteiger partial charge in [0.25, 0.3) is 0 Å². The van der Waals surface area contributed by atoms with Crippen LogP contribution in [0.3, 0.4) is 0 Å². The summed E-state index contributed by atoms with van der Waals surface area (Å²) < 4.78 is 66.2. The van der Waals surface area contributed by atoms with Gasteiger partial charge in [-0.25, -0.2) is 8.42 Å². The molecular weight excluding hydrogens is 500 g/mol. The van der Waals surface area contributed by atoms with E-state index in [4.69, 9.17) is 34.8 Å². The molecule has 1 saturated heterocycles. The zero-order chi connectivity index (χ0) is 23.0. The number of sulfonamides is 1. The number of anilines is 1. The Labute approximate surface area is 192 Å². The third kappa shape index (κ3) is 5.46. The monoisotopic (exact) mass is 514 g/mol. The van der Waals surface area contributed by atoms with Crippen molar-refractivity contribution in [1.82, 2.24) is 4.31 Å². The van der Waals surface area contributed by atoms with Crippen LogP contribution in [-0.2, 0) is 21.0 Å². The van der Waals surface area contributed by atoms with Crippen LogP contribution in [0, 0.1) is 5.92 Å². The highest BCUT2D eigenvalue weighted by Gasteiger charge is 2.36. The van der Waals surface area contributed by atoms with Gasteiger partial charge < -0.3 is 5.32 Å². The molecule has 0 saturated carbocycles. The number of hydrogen-bond donors (Lipinski definition) is 1. The van der Waals surface area contributed by atoms with Crippen LogP contribution in [0.2, 0.25) is 15.1 Å². The highest BCUT2D eigenvalue weighted by Crippen LogP contribution is 2.36.